The number of aromatic nitrogens is 1. The van der Waals surface area contributed by atoms with Crippen molar-refractivity contribution in [2.75, 3.05) is 20.8 Å². The van der Waals surface area contributed by atoms with Gasteiger partial charge in [-0.1, -0.05) is 0 Å². The first kappa shape index (κ1) is 21.3. The Bertz CT molecular complexity index is 873. The van der Waals surface area contributed by atoms with Crippen LogP contribution in [0.3, 0.4) is 0 Å². The molecule has 8 heteroatoms. The average Bonchev–Trinajstić information content (AvgIpc) is 2.63. The highest BCUT2D eigenvalue weighted by molar-refractivity contribution is 6.05. The number of amides is 1. The monoisotopic (exact) mass is 390 g/mol. The standard InChI is InChI=1S/C20H26N2O6/c1-7-27-18(23)14-10-21-15(11-22-19(24)28-20(2,3)4)13-9-17(26-6)16(25-5)8-12(13)14/h8-10H,7,11H2,1-6H3,(H,22,24). The van der Waals surface area contributed by atoms with Crippen LogP contribution in [0, 0.1) is 0 Å². The first-order valence-corrected chi connectivity index (χ1v) is 8.87. The Morgan fingerprint density at radius 3 is 2.21 bits per heavy atom. The van der Waals surface area contributed by atoms with E-state index >= 15 is 0 Å². The lowest BCUT2D eigenvalue weighted by Gasteiger charge is -2.20. The number of alkyl carbamates (subject to hydrolysis) is 1. The summed E-state index contributed by atoms with van der Waals surface area (Å²) >= 11 is 0. The Morgan fingerprint density at radius 1 is 1.07 bits per heavy atom. The number of carbonyl (C=O) groups is 2. The normalized spacial score (nSPS) is 11.1. The topological polar surface area (TPSA) is 96.0 Å². The van der Waals surface area contributed by atoms with Gasteiger partial charge < -0.3 is 24.3 Å². The Kier molecular flexibility index (Phi) is 6.66. The molecule has 8 nitrogen and oxygen atoms in total. The van der Waals surface area contributed by atoms with E-state index in [4.69, 9.17) is 18.9 Å². The molecule has 0 fully saturated rings. The number of methoxy groups -OCH3 is 2. The molecule has 0 aliphatic rings. The van der Waals surface area contributed by atoms with Gasteiger partial charge in [-0.3, -0.25) is 4.98 Å². The second-order valence-electron chi connectivity index (χ2n) is 6.95. The van der Waals surface area contributed by atoms with E-state index < -0.39 is 17.7 Å². The number of carbonyl (C=O) groups excluding carboxylic acids is 2. The fourth-order valence-electron chi connectivity index (χ4n) is 2.60. The van der Waals surface area contributed by atoms with E-state index in [0.29, 0.717) is 33.5 Å². The molecule has 0 unspecified atom stereocenters. The van der Waals surface area contributed by atoms with Crippen molar-refractivity contribution in [2.45, 2.75) is 39.8 Å². The third-order valence-electron chi connectivity index (χ3n) is 3.77. The fraction of sp³-hybridized carbons (Fsp3) is 0.450. The average molecular weight is 390 g/mol. The Hall–Kier alpha value is -3.03. The minimum Gasteiger partial charge on any atom is -0.493 e. The molecule has 1 amide bonds. The van der Waals surface area contributed by atoms with E-state index in [1.807, 2.05) is 0 Å². The quantitative estimate of drug-likeness (QED) is 0.755. The highest BCUT2D eigenvalue weighted by atomic mass is 16.6. The summed E-state index contributed by atoms with van der Waals surface area (Å²) in [6.07, 6.45) is 0.871. The van der Waals surface area contributed by atoms with Crippen LogP contribution in [-0.4, -0.2) is 43.5 Å². The molecular formula is C20H26N2O6. The SMILES string of the molecule is CCOC(=O)c1cnc(CNC(=O)OC(C)(C)C)c2cc(OC)c(OC)cc12. The maximum absolute atomic E-state index is 12.3. The van der Waals surface area contributed by atoms with E-state index in [2.05, 4.69) is 10.3 Å². The van der Waals surface area contributed by atoms with Gasteiger partial charge in [-0.2, -0.15) is 0 Å². The van der Waals surface area contributed by atoms with Crippen LogP contribution in [0.15, 0.2) is 18.3 Å². The van der Waals surface area contributed by atoms with E-state index in [1.165, 1.54) is 20.4 Å². The molecule has 1 N–H and O–H groups in total. The highest BCUT2D eigenvalue weighted by Gasteiger charge is 2.20. The maximum atomic E-state index is 12.3. The summed E-state index contributed by atoms with van der Waals surface area (Å²) in [6, 6.07) is 3.41. The number of benzene rings is 1. The zero-order chi connectivity index (χ0) is 20.9. The number of rotatable bonds is 6. The van der Waals surface area contributed by atoms with Crippen LogP contribution in [0.5, 0.6) is 11.5 Å². The van der Waals surface area contributed by atoms with Gasteiger partial charge in [0.15, 0.2) is 11.5 Å². The van der Waals surface area contributed by atoms with E-state index in [-0.39, 0.29) is 13.2 Å². The first-order valence-electron chi connectivity index (χ1n) is 8.87. The molecule has 1 aromatic heterocycles. The van der Waals surface area contributed by atoms with Crippen molar-refractivity contribution in [1.29, 1.82) is 0 Å². The summed E-state index contributed by atoms with van der Waals surface area (Å²) in [6.45, 7) is 7.44. The lowest BCUT2D eigenvalue weighted by Crippen LogP contribution is -2.32. The molecule has 28 heavy (non-hydrogen) atoms. The van der Waals surface area contributed by atoms with Crippen LogP contribution >= 0.6 is 0 Å². The van der Waals surface area contributed by atoms with Gasteiger partial charge in [0.2, 0.25) is 0 Å². The van der Waals surface area contributed by atoms with Crippen LogP contribution < -0.4 is 14.8 Å². The zero-order valence-electron chi connectivity index (χ0n) is 17.0. The van der Waals surface area contributed by atoms with Gasteiger partial charge in [0, 0.05) is 17.0 Å². The van der Waals surface area contributed by atoms with Crippen LogP contribution in [0.2, 0.25) is 0 Å². The summed E-state index contributed by atoms with van der Waals surface area (Å²) in [7, 11) is 3.03. The van der Waals surface area contributed by atoms with E-state index in [0.717, 1.165) is 0 Å². The van der Waals surface area contributed by atoms with E-state index in [9.17, 15) is 9.59 Å². The number of pyridine rings is 1. The molecule has 0 bridgehead atoms. The second-order valence-corrected chi connectivity index (χ2v) is 6.95. The molecule has 1 heterocycles. The van der Waals surface area contributed by atoms with Crippen molar-refractivity contribution in [1.82, 2.24) is 10.3 Å². The molecule has 0 saturated carbocycles. The van der Waals surface area contributed by atoms with Gasteiger partial charge in [-0.25, -0.2) is 9.59 Å². The summed E-state index contributed by atoms with van der Waals surface area (Å²) in [5.74, 6) is 0.466. The molecule has 0 spiro atoms. The highest BCUT2D eigenvalue weighted by Crippen LogP contribution is 2.35. The first-order chi connectivity index (χ1) is 13.2. The minimum absolute atomic E-state index is 0.115. The molecule has 2 rings (SSSR count). The van der Waals surface area contributed by atoms with Gasteiger partial charge in [0.25, 0.3) is 0 Å². The summed E-state index contributed by atoms with van der Waals surface area (Å²) in [5, 5.41) is 3.90. The number of hydrogen-bond donors (Lipinski definition) is 1. The largest absolute Gasteiger partial charge is 0.493 e. The number of nitrogens with zero attached hydrogens (tertiary/aromatic N) is 1. The predicted molar refractivity (Wildman–Crippen MR) is 104 cm³/mol. The van der Waals surface area contributed by atoms with Crippen molar-refractivity contribution in [3.63, 3.8) is 0 Å². The van der Waals surface area contributed by atoms with Crippen LogP contribution in [0.25, 0.3) is 10.8 Å². The van der Waals surface area contributed by atoms with Gasteiger partial charge in [0.05, 0.1) is 38.6 Å². The van der Waals surface area contributed by atoms with Gasteiger partial charge in [0.1, 0.15) is 5.60 Å². The van der Waals surface area contributed by atoms with Crippen molar-refractivity contribution in [3.05, 3.63) is 29.6 Å². The zero-order valence-corrected chi connectivity index (χ0v) is 17.0. The molecule has 152 valence electrons. The van der Waals surface area contributed by atoms with Crippen molar-refractivity contribution < 1.29 is 28.5 Å². The molecule has 2 aromatic rings. The molecule has 0 atom stereocenters. The van der Waals surface area contributed by atoms with Gasteiger partial charge >= 0.3 is 12.1 Å². The number of hydrogen-bond acceptors (Lipinski definition) is 7. The third-order valence-corrected chi connectivity index (χ3v) is 3.77. The Morgan fingerprint density at radius 2 is 1.68 bits per heavy atom. The van der Waals surface area contributed by atoms with Crippen molar-refractivity contribution in [2.24, 2.45) is 0 Å². The fourth-order valence-corrected chi connectivity index (χ4v) is 2.60. The second kappa shape index (κ2) is 8.77. The number of nitrogens with one attached hydrogen (secondary N) is 1. The molecule has 1 aromatic carbocycles. The summed E-state index contributed by atoms with van der Waals surface area (Å²) in [5.41, 5.74) is 0.248. The van der Waals surface area contributed by atoms with Crippen molar-refractivity contribution >= 4 is 22.8 Å². The van der Waals surface area contributed by atoms with Gasteiger partial charge in [-0.05, 0) is 39.8 Å². The molecular weight excluding hydrogens is 364 g/mol. The van der Waals surface area contributed by atoms with Gasteiger partial charge in [-0.15, -0.1) is 0 Å². The molecule has 0 aliphatic heterocycles. The smallest absolute Gasteiger partial charge is 0.407 e. The maximum Gasteiger partial charge on any atom is 0.407 e. The third kappa shape index (κ3) is 5.03. The van der Waals surface area contributed by atoms with Crippen molar-refractivity contribution in [3.8, 4) is 11.5 Å². The summed E-state index contributed by atoms with van der Waals surface area (Å²) < 4.78 is 21.1. The lowest BCUT2D eigenvalue weighted by atomic mass is 10.0. The molecule has 0 saturated heterocycles. The minimum atomic E-state index is -0.607. The Labute approximate surface area is 164 Å². The Balaban J connectivity index is 2.47. The summed E-state index contributed by atoms with van der Waals surface area (Å²) in [4.78, 5) is 28.6. The number of fused-ring (bicyclic) bond motifs is 1. The van der Waals surface area contributed by atoms with Crippen LogP contribution in [-0.2, 0) is 16.0 Å². The molecule has 0 radical (unpaired) electrons. The predicted octanol–water partition coefficient (Wildman–Crippen LogP) is 3.45. The molecule has 0 aliphatic carbocycles. The van der Waals surface area contributed by atoms with Crippen LogP contribution in [0.4, 0.5) is 4.79 Å². The lowest BCUT2D eigenvalue weighted by molar-refractivity contribution is 0.0513. The number of ether oxygens (including phenoxy) is 4. The number of esters is 1. The van der Waals surface area contributed by atoms with E-state index in [1.54, 1.807) is 39.8 Å². The van der Waals surface area contributed by atoms with Crippen LogP contribution in [0.1, 0.15) is 43.7 Å².